The second-order valence-corrected chi connectivity index (χ2v) is 6.02. The average molecular weight is 273 g/mol. The van der Waals surface area contributed by atoms with E-state index in [-0.39, 0.29) is 0 Å². The Morgan fingerprint density at radius 3 is 3.00 bits per heavy atom. The van der Waals surface area contributed by atoms with Crippen LogP contribution in [0.4, 0.5) is 10.8 Å². The largest absolute Gasteiger partial charge is 0.383 e. The smallest absolute Gasteiger partial charge is 0.142 e. The van der Waals surface area contributed by atoms with E-state index in [0.717, 1.165) is 18.8 Å². The summed E-state index contributed by atoms with van der Waals surface area (Å²) in [5.74, 6) is 1.38. The number of aromatic nitrogens is 1. The van der Waals surface area contributed by atoms with Crippen LogP contribution in [0.5, 0.6) is 0 Å². The van der Waals surface area contributed by atoms with Gasteiger partial charge in [-0.25, -0.2) is 0 Å². The van der Waals surface area contributed by atoms with E-state index >= 15 is 0 Å². The Hall–Kier alpha value is -1.55. The molecular formula is C15H19N3S. The third-order valence-corrected chi connectivity index (χ3v) is 4.36. The first-order chi connectivity index (χ1) is 9.24. The van der Waals surface area contributed by atoms with E-state index in [0.29, 0.717) is 5.92 Å². The molecule has 0 radical (unpaired) electrons. The van der Waals surface area contributed by atoms with Gasteiger partial charge < -0.3 is 11.1 Å². The zero-order chi connectivity index (χ0) is 13.2. The van der Waals surface area contributed by atoms with Crippen molar-refractivity contribution in [3.05, 3.63) is 41.0 Å². The van der Waals surface area contributed by atoms with E-state index < -0.39 is 0 Å². The second kappa shape index (κ2) is 5.21. The van der Waals surface area contributed by atoms with Gasteiger partial charge in [-0.05, 0) is 49.2 Å². The fourth-order valence-electron chi connectivity index (χ4n) is 2.39. The Labute approximate surface area is 118 Å². The molecule has 3 nitrogen and oxygen atoms in total. The van der Waals surface area contributed by atoms with Crippen LogP contribution in [-0.2, 0) is 6.42 Å². The number of nitrogen functional groups attached to an aromatic ring is 1. The summed E-state index contributed by atoms with van der Waals surface area (Å²) in [7, 11) is 0. The number of hydrogen-bond acceptors (Lipinski definition) is 4. The molecule has 19 heavy (non-hydrogen) atoms. The van der Waals surface area contributed by atoms with Crippen molar-refractivity contribution < 1.29 is 0 Å². The Balaban J connectivity index is 1.61. The monoisotopic (exact) mass is 273 g/mol. The van der Waals surface area contributed by atoms with Crippen LogP contribution in [0.15, 0.2) is 24.3 Å². The molecule has 3 N–H and O–H groups in total. The lowest BCUT2D eigenvalue weighted by Gasteiger charge is -2.07. The summed E-state index contributed by atoms with van der Waals surface area (Å²) in [5.41, 5.74) is 9.89. The first-order valence-corrected chi connectivity index (χ1v) is 7.56. The Bertz CT molecular complexity index is 573. The van der Waals surface area contributed by atoms with Crippen LogP contribution in [0, 0.1) is 6.92 Å². The summed E-state index contributed by atoms with van der Waals surface area (Å²) >= 11 is 1.50. The number of hydrogen-bond donors (Lipinski definition) is 2. The van der Waals surface area contributed by atoms with Crippen molar-refractivity contribution in [2.45, 2.75) is 32.1 Å². The highest BCUT2D eigenvalue weighted by molar-refractivity contribution is 7.10. The Kier molecular flexibility index (Phi) is 3.42. The van der Waals surface area contributed by atoms with Crippen molar-refractivity contribution in [1.29, 1.82) is 0 Å². The summed E-state index contributed by atoms with van der Waals surface area (Å²) in [6.07, 6.45) is 3.55. The molecular weight excluding hydrogens is 254 g/mol. The Morgan fingerprint density at radius 2 is 2.26 bits per heavy atom. The van der Waals surface area contributed by atoms with Crippen LogP contribution in [0.1, 0.15) is 35.4 Å². The Morgan fingerprint density at radius 1 is 1.42 bits per heavy atom. The van der Waals surface area contributed by atoms with Crippen molar-refractivity contribution in [2.75, 3.05) is 17.6 Å². The van der Waals surface area contributed by atoms with Gasteiger partial charge in [-0.2, -0.15) is 4.37 Å². The van der Waals surface area contributed by atoms with Gasteiger partial charge in [-0.3, -0.25) is 0 Å². The van der Waals surface area contributed by atoms with Crippen molar-refractivity contribution in [2.24, 2.45) is 0 Å². The lowest BCUT2D eigenvalue weighted by molar-refractivity contribution is 1.01. The molecule has 1 heterocycles. The maximum absolute atomic E-state index is 5.94. The quantitative estimate of drug-likeness (QED) is 0.875. The molecule has 0 saturated heterocycles. The van der Waals surface area contributed by atoms with Gasteiger partial charge in [0, 0.05) is 12.1 Å². The van der Waals surface area contributed by atoms with Crippen LogP contribution in [0.25, 0.3) is 0 Å². The maximum Gasteiger partial charge on any atom is 0.142 e. The van der Waals surface area contributed by atoms with E-state index in [1.807, 2.05) is 0 Å². The number of nitrogens with two attached hydrogens (primary N) is 1. The van der Waals surface area contributed by atoms with Crippen LogP contribution in [0.3, 0.4) is 0 Å². The molecule has 100 valence electrons. The molecule has 0 amide bonds. The van der Waals surface area contributed by atoms with Crippen LogP contribution >= 0.6 is 11.5 Å². The molecule has 1 aromatic heterocycles. The summed E-state index contributed by atoms with van der Waals surface area (Å²) in [6, 6.07) is 8.67. The standard InChI is InChI=1S/C15H19N3S/c1-10-3-2-4-11(9-10)7-8-17-15-13(12-5-6-12)14(16)18-19-15/h2-4,9,12,17H,5-8H2,1H3,(H2,16,18). The fourth-order valence-corrected chi connectivity index (χ4v) is 3.22. The number of rotatable bonds is 5. The molecule has 4 heteroatoms. The van der Waals surface area contributed by atoms with Gasteiger partial charge in [0.1, 0.15) is 10.8 Å². The number of aryl methyl sites for hydroxylation is 1. The van der Waals surface area contributed by atoms with Crippen molar-refractivity contribution >= 4 is 22.4 Å². The first kappa shape index (κ1) is 12.5. The van der Waals surface area contributed by atoms with E-state index in [4.69, 9.17) is 5.73 Å². The van der Waals surface area contributed by atoms with Gasteiger partial charge in [0.2, 0.25) is 0 Å². The number of anilines is 2. The van der Waals surface area contributed by atoms with E-state index in [2.05, 4.69) is 40.9 Å². The molecule has 2 aromatic rings. The van der Waals surface area contributed by atoms with Crippen molar-refractivity contribution in [1.82, 2.24) is 4.37 Å². The SMILES string of the molecule is Cc1cccc(CCNc2snc(N)c2C2CC2)c1. The minimum atomic E-state index is 0.653. The van der Waals surface area contributed by atoms with Gasteiger partial charge in [-0.15, -0.1) is 0 Å². The molecule has 0 spiro atoms. The molecule has 1 fully saturated rings. The van der Waals surface area contributed by atoms with Crippen LogP contribution in [0.2, 0.25) is 0 Å². The van der Waals surface area contributed by atoms with Gasteiger partial charge in [0.25, 0.3) is 0 Å². The highest BCUT2D eigenvalue weighted by Gasteiger charge is 2.30. The highest BCUT2D eigenvalue weighted by atomic mass is 32.1. The van der Waals surface area contributed by atoms with Gasteiger partial charge >= 0.3 is 0 Å². The van der Waals surface area contributed by atoms with E-state index in [9.17, 15) is 0 Å². The first-order valence-electron chi connectivity index (χ1n) is 6.78. The van der Waals surface area contributed by atoms with Gasteiger partial charge in [-0.1, -0.05) is 29.8 Å². The second-order valence-electron chi connectivity index (χ2n) is 5.25. The van der Waals surface area contributed by atoms with Crippen molar-refractivity contribution in [3.63, 3.8) is 0 Å². The number of nitrogens with one attached hydrogen (secondary N) is 1. The van der Waals surface area contributed by atoms with E-state index in [1.54, 1.807) is 0 Å². The molecule has 0 atom stereocenters. The molecule has 0 aliphatic heterocycles. The number of benzene rings is 1. The zero-order valence-electron chi connectivity index (χ0n) is 11.1. The summed E-state index contributed by atoms with van der Waals surface area (Å²) in [5, 5.41) is 4.67. The molecule has 1 aliphatic carbocycles. The average Bonchev–Trinajstić information content (AvgIpc) is 3.15. The molecule has 0 bridgehead atoms. The molecule has 3 rings (SSSR count). The molecule has 1 aromatic carbocycles. The highest BCUT2D eigenvalue weighted by Crippen LogP contribution is 2.47. The third kappa shape index (κ3) is 2.89. The predicted molar refractivity (Wildman–Crippen MR) is 81.9 cm³/mol. The lowest BCUT2D eigenvalue weighted by atomic mass is 10.1. The van der Waals surface area contributed by atoms with E-state index in [1.165, 1.54) is 46.1 Å². The predicted octanol–water partition coefficient (Wildman–Crippen LogP) is 3.57. The van der Waals surface area contributed by atoms with Crippen LogP contribution in [-0.4, -0.2) is 10.9 Å². The minimum Gasteiger partial charge on any atom is -0.383 e. The molecule has 1 aliphatic rings. The molecule has 0 unspecified atom stereocenters. The van der Waals surface area contributed by atoms with Crippen LogP contribution < -0.4 is 11.1 Å². The topological polar surface area (TPSA) is 50.9 Å². The fraction of sp³-hybridized carbons (Fsp3) is 0.400. The van der Waals surface area contributed by atoms with Gasteiger partial charge in [0.15, 0.2) is 0 Å². The van der Waals surface area contributed by atoms with Gasteiger partial charge in [0.05, 0.1) is 0 Å². The third-order valence-electron chi connectivity index (χ3n) is 3.52. The summed E-state index contributed by atoms with van der Waals surface area (Å²) < 4.78 is 4.27. The molecule has 1 saturated carbocycles. The maximum atomic E-state index is 5.94. The summed E-state index contributed by atoms with van der Waals surface area (Å²) in [6.45, 7) is 3.07. The summed E-state index contributed by atoms with van der Waals surface area (Å²) in [4.78, 5) is 0. The number of nitrogens with zero attached hydrogens (tertiary/aromatic N) is 1. The lowest BCUT2D eigenvalue weighted by Crippen LogP contribution is -2.05. The normalized spacial score (nSPS) is 14.6. The zero-order valence-corrected chi connectivity index (χ0v) is 12.0. The van der Waals surface area contributed by atoms with Crippen molar-refractivity contribution in [3.8, 4) is 0 Å². The minimum absolute atomic E-state index is 0.653.